The predicted molar refractivity (Wildman–Crippen MR) is 151 cm³/mol. The third-order valence-electron chi connectivity index (χ3n) is 7.44. The Morgan fingerprint density at radius 2 is 0.469 bits per heavy atom. The lowest BCUT2D eigenvalue weighted by atomic mass is 10.1. The lowest BCUT2D eigenvalue weighted by Gasteiger charge is -2.28. The Bertz CT molecular complexity index is 300. The van der Waals surface area contributed by atoms with Crippen molar-refractivity contribution in [3.63, 3.8) is 0 Å². The zero-order valence-electron chi connectivity index (χ0n) is 23.2. The van der Waals surface area contributed by atoms with Gasteiger partial charge in [-0.1, -0.05) is 118 Å². The number of rotatable bonds is 26. The highest BCUT2D eigenvalue weighted by Crippen LogP contribution is 2.61. The van der Waals surface area contributed by atoms with Crippen molar-refractivity contribution in [3.8, 4) is 0 Å². The van der Waals surface area contributed by atoms with E-state index in [1.54, 1.807) is 50.3 Å². The van der Waals surface area contributed by atoms with Crippen molar-refractivity contribution in [2.75, 3.05) is 24.6 Å². The first-order chi connectivity index (χ1) is 15.2. The van der Waals surface area contributed by atoms with Gasteiger partial charge < -0.3 is 17.0 Å². The molecule has 0 atom stereocenters. The maximum Gasteiger partial charge on any atom is 0.0594 e. The van der Waals surface area contributed by atoms with Crippen LogP contribution >= 0.6 is 7.26 Å². The van der Waals surface area contributed by atoms with Crippen molar-refractivity contribution in [1.29, 1.82) is 0 Å². The van der Waals surface area contributed by atoms with Crippen LogP contribution in [0.4, 0.5) is 0 Å². The summed E-state index contributed by atoms with van der Waals surface area (Å²) in [4.78, 5) is 0. The molecule has 32 heavy (non-hydrogen) atoms. The summed E-state index contributed by atoms with van der Waals surface area (Å²) in [5.74, 6) is 0. The fourth-order valence-electron chi connectivity index (χ4n) is 5.23. The van der Waals surface area contributed by atoms with Gasteiger partial charge in [-0.25, -0.2) is 0 Å². The molecule has 0 heterocycles. The number of halogens is 1. The van der Waals surface area contributed by atoms with Crippen molar-refractivity contribution < 1.29 is 17.0 Å². The van der Waals surface area contributed by atoms with Crippen molar-refractivity contribution >= 4 is 7.26 Å². The van der Waals surface area contributed by atoms with Crippen molar-refractivity contribution in [2.45, 2.75) is 169 Å². The first-order valence-electron chi connectivity index (χ1n) is 15.1. The minimum absolute atomic E-state index is 0. The largest absolute Gasteiger partial charge is 1.00 e. The Labute approximate surface area is 217 Å². The van der Waals surface area contributed by atoms with Crippen LogP contribution in [0.15, 0.2) is 0 Å². The van der Waals surface area contributed by atoms with Crippen LogP contribution in [0.1, 0.15) is 169 Å². The lowest BCUT2D eigenvalue weighted by molar-refractivity contribution is -0.00000711. The van der Waals surface area contributed by atoms with Gasteiger partial charge in [-0.15, -0.1) is 0 Å². The molecule has 0 amide bonds. The quantitative estimate of drug-likeness (QED) is 0.0768. The molecular formula is C30H64BrP. The van der Waals surface area contributed by atoms with Gasteiger partial charge in [-0.3, -0.25) is 0 Å². The normalized spacial score (nSPS) is 11.6. The van der Waals surface area contributed by atoms with E-state index < -0.39 is 7.26 Å². The molecule has 0 aliphatic rings. The van der Waals surface area contributed by atoms with E-state index in [9.17, 15) is 0 Å². The molecule has 0 saturated carbocycles. The fourth-order valence-corrected chi connectivity index (χ4v) is 10.1. The van der Waals surface area contributed by atoms with Gasteiger partial charge in [0.25, 0.3) is 0 Å². The Balaban J connectivity index is 0. The van der Waals surface area contributed by atoms with Crippen LogP contribution in [0.2, 0.25) is 0 Å². The number of hydrogen-bond donors (Lipinski definition) is 0. The highest BCUT2D eigenvalue weighted by Gasteiger charge is 2.34. The third-order valence-corrected chi connectivity index (χ3v) is 12.5. The Kier molecular flexibility index (Phi) is 30.9. The zero-order chi connectivity index (χ0) is 22.9. The molecule has 2 heteroatoms. The van der Waals surface area contributed by atoms with Crippen molar-refractivity contribution in [3.05, 3.63) is 0 Å². The topological polar surface area (TPSA) is 0 Å². The Morgan fingerprint density at radius 3 is 0.719 bits per heavy atom. The molecule has 0 aliphatic heterocycles. The molecule has 0 spiro atoms. The molecule has 0 rings (SSSR count). The summed E-state index contributed by atoms with van der Waals surface area (Å²) in [6.07, 6.45) is 39.1. The van der Waals surface area contributed by atoms with Crippen LogP contribution in [0.3, 0.4) is 0 Å². The van der Waals surface area contributed by atoms with Crippen LogP contribution in [0, 0.1) is 0 Å². The highest BCUT2D eigenvalue weighted by molar-refractivity contribution is 7.75. The fraction of sp³-hybridized carbons (Fsp3) is 1.00. The van der Waals surface area contributed by atoms with Gasteiger partial charge in [-0.2, -0.15) is 0 Å². The maximum atomic E-state index is 2.36. The molecule has 0 aromatic rings. The van der Waals surface area contributed by atoms with Crippen LogP contribution in [-0.4, -0.2) is 24.6 Å². The molecule has 0 saturated heterocycles. The van der Waals surface area contributed by atoms with Crippen LogP contribution < -0.4 is 17.0 Å². The molecule has 196 valence electrons. The summed E-state index contributed by atoms with van der Waals surface area (Å²) in [5, 5.41) is 0. The minimum atomic E-state index is -0.691. The third kappa shape index (κ3) is 22.7. The second-order valence-corrected chi connectivity index (χ2v) is 15.1. The molecule has 0 radical (unpaired) electrons. The molecule has 0 aromatic heterocycles. The Morgan fingerprint density at radius 1 is 0.281 bits per heavy atom. The smallest absolute Gasteiger partial charge is 0.0594 e. The van der Waals surface area contributed by atoms with E-state index in [2.05, 4.69) is 27.7 Å². The molecular weight excluding hydrogens is 471 g/mol. The van der Waals surface area contributed by atoms with Crippen LogP contribution in [0.5, 0.6) is 0 Å². The van der Waals surface area contributed by atoms with E-state index in [4.69, 9.17) is 0 Å². The highest BCUT2D eigenvalue weighted by atomic mass is 79.9. The van der Waals surface area contributed by atoms with Crippen molar-refractivity contribution in [2.24, 2.45) is 0 Å². The average Bonchev–Trinajstić information content (AvgIpc) is 2.78. The average molecular weight is 536 g/mol. The summed E-state index contributed by atoms with van der Waals surface area (Å²) in [6.45, 7) is 9.41. The summed E-state index contributed by atoms with van der Waals surface area (Å²) in [7, 11) is -0.691. The van der Waals surface area contributed by atoms with E-state index in [1.807, 2.05) is 0 Å². The summed E-state index contributed by atoms with van der Waals surface area (Å²) < 4.78 is 0. The molecule has 0 nitrogen and oxygen atoms in total. The second-order valence-electron chi connectivity index (χ2n) is 10.6. The molecule has 0 bridgehead atoms. The van der Waals surface area contributed by atoms with E-state index >= 15 is 0 Å². The van der Waals surface area contributed by atoms with Gasteiger partial charge in [0.2, 0.25) is 0 Å². The molecule has 0 fully saturated rings. The van der Waals surface area contributed by atoms with Crippen molar-refractivity contribution in [1.82, 2.24) is 0 Å². The van der Waals surface area contributed by atoms with E-state index in [-0.39, 0.29) is 17.0 Å². The standard InChI is InChI=1S/C30H64P.BrH/c1-5-9-13-17-18-19-20-21-22-26-30-31(27-23-14-10-6-2,28-24-15-11-7-3)29-25-16-12-8-4;/h5-30H2,1-4H3;1H/q+1;/p-1. The lowest BCUT2D eigenvalue weighted by Crippen LogP contribution is -3.00. The van der Waals surface area contributed by atoms with Gasteiger partial charge in [0.1, 0.15) is 0 Å². The predicted octanol–water partition coefficient (Wildman–Crippen LogP) is 8.67. The van der Waals surface area contributed by atoms with E-state index in [0.717, 1.165) is 0 Å². The molecule has 0 N–H and O–H groups in total. The van der Waals surface area contributed by atoms with Gasteiger partial charge in [0.15, 0.2) is 0 Å². The zero-order valence-corrected chi connectivity index (χ0v) is 25.7. The molecule has 0 unspecified atom stereocenters. The van der Waals surface area contributed by atoms with Gasteiger partial charge in [0.05, 0.1) is 24.6 Å². The summed E-state index contributed by atoms with van der Waals surface area (Å²) in [6, 6.07) is 0. The van der Waals surface area contributed by atoms with Gasteiger partial charge >= 0.3 is 0 Å². The van der Waals surface area contributed by atoms with E-state index in [1.165, 1.54) is 116 Å². The minimum Gasteiger partial charge on any atom is -1.00 e. The molecule has 0 aromatic carbocycles. The SMILES string of the molecule is CCCCCCCCCCCC[P+](CCCCCC)(CCCCCC)CCCCCC.[Br-]. The van der Waals surface area contributed by atoms with Gasteiger partial charge in [0, 0.05) is 7.26 Å². The van der Waals surface area contributed by atoms with Gasteiger partial charge in [-0.05, 0) is 51.4 Å². The summed E-state index contributed by atoms with van der Waals surface area (Å²) >= 11 is 0. The van der Waals surface area contributed by atoms with Crippen LogP contribution in [0.25, 0.3) is 0 Å². The summed E-state index contributed by atoms with van der Waals surface area (Å²) in [5.41, 5.74) is 0. The van der Waals surface area contributed by atoms with E-state index in [0.29, 0.717) is 0 Å². The monoisotopic (exact) mass is 534 g/mol. The number of unbranched alkanes of at least 4 members (excludes halogenated alkanes) is 18. The molecule has 0 aliphatic carbocycles. The second kappa shape index (κ2) is 28.1. The van der Waals surface area contributed by atoms with Crippen LogP contribution in [-0.2, 0) is 0 Å². The first-order valence-corrected chi connectivity index (χ1v) is 17.6. The first kappa shape index (κ1) is 35.1. The number of hydrogen-bond acceptors (Lipinski definition) is 0. The maximum absolute atomic E-state index is 2.36. The Hall–Kier alpha value is 0.910.